The minimum Gasteiger partial charge on any atom is -0.336 e. The van der Waals surface area contributed by atoms with Crippen LogP contribution in [0.1, 0.15) is 34.4 Å². The normalized spacial score (nSPS) is 11.3. The molecule has 0 aliphatic carbocycles. The van der Waals surface area contributed by atoms with Gasteiger partial charge in [-0.05, 0) is 48.5 Å². The number of aromatic nitrogens is 7. The van der Waals surface area contributed by atoms with E-state index in [0.29, 0.717) is 50.9 Å². The Bertz CT molecular complexity index is 1190. The van der Waals surface area contributed by atoms with Crippen molar-refractivity contribution in [3.63, 3.8) is 0 Å². The van der Waals surface area contributed by atoms with Crippen LogP contribution < -0.4 is 5.84 Å². The van der Waals surface area contributed by atoms with Gasteiger partial charge in [0.15, 0.2) is 11.6 Å². The molecule has 0 amide bonds. The number of rotatable bonds is 12. The molecule has 0 saturated heterocycles. The molecule has 5 rings (SSSR count). The van der Waals surface area contributed by atoms with Crippen molar-refractivity contribution in [2.45, 2.75) is 39.3 Å². The van der Waals surface area contributed by atoms with E-state index in [4.69, 9.17) is 5.84 Å². The summed E-state index contributed by atoms with van der Waals surface area (Å²) >= 11 is 0. The van der Waals surface area contributed by atoms with Crippen molar-refractivity contribution in [3.05, 3.63) is 132 Å². The van der Waals surface area contributed by atoms with Crippen molar-refractivity contribution in [3.8, 4) is 0 Å². The Hall–Kier alpha value is -4.54. The minimum absolute atomic E-state index is 0.497. The molecule has 0 aliphatic rings. The van der Waals surface area contributed by atoms with Gasteiger partial charge in [-0.25, -0.2) is 4.68 Å². The number of nitrogen functional groups attached to an aromatic ring is 1. The van der Waals surface area contributed by atoms with E-state index in [1.807, 2.05) is 72.8 Å². The zero-order valence-electron chi connectivity index (χ0n) is 21.1. The van der Waals surface area contributed by atoms with Gasteiger partial charge in [-0.15, -0.1) is 10.2 Å². The van der Waals surface area contributed by atoms with Crippen LogP contribution in [-0.2, 0) is 39.3 Å². The summed E-state index contributed by atoms with van der Waals surface area (Å²) in [5, 5.41) is 8.91. The second kappa shape index (κ2) is 12.6. The summed E-state index contributed by atoms with van der Waals surface area (Å²) in [6, 6.07) is 23.7. The summed E-state index contributed by atoms with van der Waals surface area (Å²) in [5.41, 5.74) is 3.85. The van der Waals surface area contributed by atoms with E-state index in [-0.39, 0.29) is 0 Å². The Kier molecular flexibility index (Phi) is 8.34. The Morgan fingerprint density at radius 3 is 1.05 bits per heavy atom. The highest BCUT2D eigenvalue weighted by atomic mass is 15.4. The highest BCUT2D eigenvalue weighted by Crippen LogP contribution is 2.14. The lowest BCUT2D eigenvalue weighted by Crippen LogP contribution is -2.29. The lowest BCUT2D eigenvalue weighted by molar-refractivity contribution is 0.227. The fraction of sp³-hybridized carbons (Fsp3) is 0.214. The van der Waals surface area contributed by atoms with Gasteiger partial charge in [0.1, 0.15) is 0 Å². The molecule has 0 bridgehead atoms. The Morgan fingerprint density at radius 1 is 0.474 bits per heavy atom. The average molecular weight is 507 g/mol. The van der Waals surface area contributed by atoms with Crippen LogP contribution in [-0.4, -0.2) is 44.6 Å². The van der Waals surface area contributed by atoms with Crippen molar-refractivity contribution < 1.29 is 0 Å². The molecule has 0 saturated carbocycles. The molecule has 0 aliphatic heterocycles. The molecule has 0 spiro atoms. The molecule has 5 aromatic rings. The molecule has 0 atom stereocenters. The highest BCUT2D eigenvalue weighted by Gasteiger charge is 2.19. The smallest absolute Gasteiger partial charge is 0.165 e. The van der Waals surface area contributed by atoms with Crippen LogP contribution in [0.3, 0.4) is 0 Å². The third kappa shape index (κ3) is 7.02. The predicted octanol–water partition coefficient (Wildman–Crippen LogP) is 2.98. The SMILES string of the molecule is Nn1c(CN(Cc2ccccn2)Cc2ccccn2)nnc1CN(Cc1ccccn1)Cc1ccccn1. The van der Waals surface area contributed by atoms with Crippen molar-refractivity contribution in [1.82, 2.24) is 44.6 Å². The Morgan fingerprint density at radius 2 is 0.789 bits per heavy atom. The maximum absolute atomic E-state index is 6.55. The van der Waals surface area contributed by atoms with Crippen molar-refractivity contribution in [2.75, 3.05) is 5.84 Å². The maximum Gasteiger partial charge on any atom is 0.165 e. The van der Waals surface area contributed by atoms with Gasteiger partial charge < -0.3 is 5.84 Å². The largest absolute Gasteiger partial charge is 0.336 e. The summed E-state index contributed by atoms with van der Waals surface area (Å²) in [6.45, 7) is 3.51. The van der Waals surface area contributed by atoms with E-state index >= 15 is 0 Å². The second-order valence-electron chi connectivity index (χ2n) is 8.98. The number of nitrogens with two attached hydrogens (primary N) is 1. The number of nitrogens with zero attached hydrogens (tertiary/aromatic N) is 9. The lowest BCUT2D eigenvalue weighted by Gasteiger charge is -2.22. The average Bonchev–Trinajstić information content (AvgIpc) is 3.29. The topological polar surface area (TPSA) is 115 Å². The molecule has 2 N–H and O–H groups in total. The fourth-order valence-corrected chi connectivity index (χ4v) is 4.19. The molecular weight excluding hydrogens is 476 g/mol. The van der Waals surface area contributed by atoms with Gasteiger partial charge in [0.05, 0.1) is 35.9 Å². The Balaban J connectivity index is 1.33. The van der Waals surface area contributed by atoms with Gasteiger partial charge in [-0.2, -0.15) is 0 Å². The molecular formula is C28H30N10. The molecule has 0 fully saturated rings. The zero-order valence-corrected chi connectivity index (χ0v) is 21.1. The number of pyridine rings is 4. The van der Waals surface area contributed by atoms with Gasteiger partial charge >= 0.3 is 0 Å². The van der Waals surface area contributed by atoms with Crippen molar-refractivity contribution in [1.29, 1.82) is 0 Å². The standard InChI is InChI=1S/C28H30N10/c29-38-27(21-36(17-23-9-1-5-13-30-23)18-24-10-2-6-14-31-24)34-35-28(38)22-37(19-25-11-3-7-15-32-25)20-26-12-4-8-16-33-26/h1-16H,17-22,29H2. The molecule has 192 valence electrons. The van der Waals surface area contributed by atoms with E-state index in [1.54, 1.807) is 29.5 Å². The summed E-state index contributed by atoms with van der Waals surface area (Å²) in [6.07, 6.45) is 7.20. The van der Waals surface area contributed by atoms with Gasteiger partial charge in [0, 0.05) is 51.0 Å². The highest BCUT2D eigenvalue weighted by molar-refractivity contribution is 5.09. The number of hydrogen-bond donors (Lipinski definition) is 1. The first-order chi connectivity index (χ1) is 18.7. The number of hydrogen-bond acceptors (Lipinski definition) is 9. The van der Waals surface area contributed by atoms with E-state index in [0.717, 1.165) is 22.8 Å². The van der Waals surface area contributed by atoms with Gasteiger partial charge in [0.25, 0.3) is 0 Å². The van der Waals surface area contributed by atoms with E-state index in [9.17, 15) is 0 Å². The van der Waals surface area contributed by atoms with Gasteiger partial charge in [-0.3, -0.25) is 29.7 Å². The van der Waals surface area contributed by atoms with Crippen LogP contribution in [0.2, 0.25) is 0 Å². The quantitative estimate of drug-likeness (QED) is 0.255. The van der Waals surface area contributed by atoms with Crippen LogP contribution in [0, 0.1) is 0 Å². The van der Waals surface area contributed by atoms with Gasteiger partial charge in [0.2, 0.25) is 0 Å². The third-order valence-electron chi connectivity index (χ3n) is 6.01. The van der Waals surface area contributed by atoms with Crippen molar-refractivity contribution >= 4 is 0 Å². The first-order valence-electron chi connectivity index (χ1n) is 12.5. The van der Waals surface area contributed by atoms with Crippen molar-refractivity contribution in [2.24, 2.45) is 0 Å². The third-order valence-corrected chi connectivity index (χ3v) is 6.01. The molecule has 38 heavy (non-hydrogen) atoms. The first kappa shape index (κ1) is 25.1. The molecule has 0 unspecified atom stereocenters. The minimum atomic E-state index is 0.497. The lowest BCUT2D eigenvalue weighted by atomic mass is 10.2. The van der Waals surface area contributed by atoms with Crippen LogP contribution in [0.15, 0.2) is 97.6 Å². The van der Waals surface area contributed by atoms with Crippen LogP contribution in [0.25, 0.3) is 0 Å². The second-order valence-corrected chi connectivity index (χ2v) is 8.98. The summed E-state index contributed by atoms with van der Waals surface area (Å²) in [5.74, 6) is 7.89. The molecule has 10 nitrogen and oxygen atoms in total. The molecule has 10 heteroatoms. The summed E-state index contributed by atoms with van der Waals surface area (Å²) in [4.78, 5) is 22.4. The summed E-state index contributed by atoms with van der Waals surface area (Å²) < 4.78 is 1.59. The van der Waals surface area contributed by atoms with Crippen LogP contribution >= 0.6 is 0 Å². The molecule has 0 aromatic carbocycles. The van der Waals surface area contributed by atoms with Crippen LogP contribution in [0.4, 0.5) is 0 Å². The van der Waals surface area contributed by atoms with Gasteiger partial charge in [-0.1, -0.05) is 24.3 Å². The molecule has 5 aromatic heterocycles. The molecule has 0 radical (unpaired) electrons. The monoisotopic (exact) mass is 506 g/mol. The summed E-state index contributed by atoms with van der Waals surface area (Å²) in [7, 11) is 0. The van der Waals surface area contributed by atoms with Crippen LogP contribution in [0.5, 0.6) is 0 Å². The zero-order chi connectivity index (χ0) is 26.0. The van der Waals surface area contributed by atoms with E-state index < -0.39 is 0 Å². The fourth-order valence-electron chi connectivity index (χ4n) is 4.19. The predicted molar refractivity (Wildman–Crippen MR) is 143 cm³/mol. The van der Waals surface area contributed by atoms with E-state index in [2.05, 4.69) is 39.9 Å². The maximum atomic E-state index is 6.55. The Labute approximate surface area is 221 Å². The van der Waals surface area contributed by atoms with E-state index in [1.165, 1.54) is 0 Å². The molecule has 5 heterocycles. The first-order valence-corrected chi connectivity index (χ1v) is 12.5.